The Balaban J connectivity index is 3.57. The minimum absolute atomic E-state index is 0.0461. The molecule has 0 radical (unpaired) electrons. The number of unbranched alkanes of at least 4 members (excludes halogenated alkanes) is 3. The number of hydrogen-bond donors (Lipinski definition) is 0. The van der Waals surface area contributed by atoms with Gasteiger partial charge in [-0.05, 0) is 27.2 Å². The fourth-order valence-corrected chi connectivity index (χ4v) is 1.83. The van der Waals surface area contributed by atoms with Crippen LogP contribution in [0.1, 0.15) is 66.2 Å². The first kappa shape index (κ1) is 16.4. The highest BCUT2D eigenvalue weighted by atomic mass is 16.5. The molecular weight excluding hydrogens is 216 g/mol. The van der Waals surface area contributed by atoms with Gasteiger partial charge in [0.05, 0.1) is 25.2 Å². The molecular formula is C14H28O3. The number of ether oxygens (including phenoxy) is 2. The lowest BCUT2D eigenvalue weighted by Crippen LogP contribution is -2.21. The molecule has 0 saturated heterocycles. The summed E-state index contributed by atoms with van der Waals surface area (Å²) in [4.78, 5) is 11.2. The van der Waals surface area contributed by atoms with Gasteiger partial charge in [-0.25, -0.2) is 0 Å². The zero-order chi connectivity index (χ0) is 13.1. The van der Waals surface area contributed by atoms with E-state index in [0.29, 0.717) is 13.0 Å². The van der Waals surface area contributed by atoms with Crippen LogP contribution in [-0.2, 0) is 14.3 Å². The van der Waals surface area contributed by atoms with E-state index in [4.69, 9.17) is 9.47 Å². The first-order valence-electron chi connectivity index (χ1n) is 6.91. The third-order valence-electron chi connectivity index (χ3n) is 2.69. The number of rotatable bonds is 10. The van der Waals surface area contributed by atoms with E-state index in [2.05, 4.69) is 13.8 Å². The largest absolute Gasteiger partial charge is 0.466 e. The molecule has 0 aliphatic rings. The molecule has 2 unspecified atom stereocenters. The highest BCUT2D eigenvalue weighted by Crippen LogP contribution is 2.11. The van der Waals surface area contributed by atoms with Gasteiger partial charge in [-0.3, -0.25) is 4.79 Å². The molecule has 102 valence electrons. The molecule has 0 fully saturated rings. The number of carbonyl (C=O) groups excluding carboxylic acids is 1. The molecule has 0 aromatic rings. The summed E-state index contributed by atoms with van der Waals surface area (Å²) in [7, 11) is 0. The van der Waals surface area contributed by atoms with Crippen LogP contribution in [0.4, 0.5) is 0 Å². The molecule has 0 aliphatic heterocycles. The second-order valence-electron chi connectivity index (χ2n) is 4.62. The van der Waals surface area contributed by atoms with Gasteiger partial charge in [-0.2, -0.15) is 0 Å². The monoisotopic (exact) mass is 244 g/mol. The zero-order valence-electron chi connectivity index (χ0n) is 11.8. The third-order valence-corrected chi connectivity index (χ3v) is 2.69. The highest BCUT2D eigenvalue weighted by Gasteiger charge is 2.13. The fraction of sp³-hybridized carbons (Fsp3) is 0.929. The van der Waals surface area contributed by atoms with E-state index < -0.39 is 0 Å². The Hall–Kier alpha value is -0.570. The average molecular weight is 244 g/mol. The van der Waals surface area contributed by atoms with Crippen molar-refractivity contribution in [3.63, 3.8) is 0 Å². The lowest BCUT2D eigenvalue weighted by Gasteiger charge is -2.18. The average Bonchev–Trinajstić information content (AvgIpc) is 2.24. The highest BCUT2D eigenvalue weighted by molar-refractivity contribution is 5.69. The number of esters is 1. The van der Waals surface area contributed by atoms with Gasteiger partial charge < -0.3 is 9.47 Å². The van der Waals surface area contributed by atoms with Crippen LogP contribution < -0.4 is 0 Å². The predicted molar refractivity (Wildman–Crippen MR) is 70.0 cm³/mol. The maximum atomic E-state index is 11.2. The van der Waals surface area contributed by atoms with Gasteiger partial charge >= 0.3 is 5.97 Å². The van der Waals surface area contributed by atoms with Gasteiger partial charge in [0.25, 0.3) is 0 Å². The van der Waals surface area contributed by atoms with Crippen molar-refractivity contribution in [3.8, 4) is 0 Å². The van der Waals surface area contributed by atoms with Gasteiger partial charge in [-0.1, -0.05) is 32.6 Å². The van der Waals surface area contributed by atoms with E-state index >= 15 is 0 Å². The summed E-state index contributed by atoms with van der Waals surface area (Å²) < 4.78 is 10.6. The van der Waals surface area contributed by atoms with Gasteiger partial charge in [0, 0.05) is 0 Å². The van der Waals surface area contributed by atoms with Gasteiger partial charge in [0.15, 0.2) is 0 Å². The zero-order valence-corrected chi connectivity index (χ0v) is 11.8. The number of hydrogen-bond acceptors (Lipinski definition) is 3. The molecule has 17 heavy (non-hydrogen) atoms. The Morgan fingerprint density at radius 3 is 2.35 bits per heavy atom. The van der Waals surface area contributed by atoms with E-state index in [-0.39, 0.29) is 18.2 Å². The maximum Gasteiger partial charge on any atom is 0.308 e. The summed E-state index contributed by atoms with van der Waals surface area (Å²) in [5, 5.41) is 0. The van der Waals surface area contributed by atoms with Gasteiger partial charge in [0.1, 0.15) is 0 Å². The first-order chi connectivity index (χ1) is 8.10. The molecule has 0 aliphatic carbocycles. The van der Waals surface area contributed by atoms with Crippen molar-refractivity contribution in [1.29, 1.82) is 0 Å². The summed E-state index contributed by atoms with van der Waals surface area (Å²) in [6.07, 6.45) is 6.66. The van der Waals surface area contributed by atoms with Crippen molar-refractivity contribution >= 4 is 5.97 Å². The van der Waals surface area contributed by atoms with Gasteiger partial charge in [0.2, 0.25) is 0 Å². The molecule has 0 saturated carbocycles. The molecule has 2 atom stereocenters. The Morgan fingerprint density at radius 2 is 1.76 bits per heavy atom. The first-order valence-corrected chi connectivity index (χ1v) is 6.91. The molecule has 0 amide bonds. The molecule has 0 rings (SSSR count). The van der Waals surface area contributed by atoms with E-state index in [1.54, 1.807) is 0 Å². The summed E-state index contributed by atoms with van der Waals surface area (Å²) in [6, 6.07) is 0. The van der Waals surface area contributed by atoms with Crippen LogP contribution >= 0.6 is 0 Å². The fourth-order valence-electron chi connectivity index (χ4n) is 1.83. The minimum atomic E-state index is -0.168. The lowest BCUT2D eigenvalue weighted by atomic mass is 10.1. The normalized spacial score (nSPS) is 14.4. The van der Waals surface area contributed by atoms with Crippen LogP contribution in [0.5, 0.6) is 0 Å². The third kappa shape index (κ3) is 10.3. The summed E-state index contributed by atoms with van der Waals surface area (Å²) in [5.74, 6) is -0.168. The SMILES string of the molecule is CCCCCCC(C)OC(C)CC(=O)OCC. The maximum absolute atomic E-state index is 11.2. The molecule has 0 N–H and O–H groups in total. The van der Waals surface area contributed by atoms with Crippen molar-refractivity contribution in [2.75, 3.05) is 6.61 Å². The van der Waals surface area contributed by atoms with Gasteiger partial charge in [-0.15, -0.1) is 0 Å². The molecule has 0 bridgehead atoms. The van der Waals surface area contributed by atoms with Crippen LogP contribution in [0.3, 0.4) is 0 Å². The van der Waals surface area contributed by atoms with E-state index in [1.165, 1.54) is 25.7 Å². The van der Waals surface area contributed by atoms with Crippen LogP contribution in [0, 0.1) is 0 Å². The van der Waals surface area contributed by atoms with E-state index in [9.17, 15) is 4.79 Å². The van der Waals surface area contributed by atoms with Crippen molar-refractivity contribution in [2.45, 2.75) is 78.4 Å². The smallest absolute Gasteiger partial charge is 0.308 e. The Kier molecular flexibility index (Phi) is 10.2. The van der Waals surface area contributed by atoms with Crippen molar-refractivity contribution in [3.05, 3.63) is 0 Å². The van der Waals surface area contributed by atoms with Crippen molar-refractivity contribution in [1.82, 2.24) is 0 Å². The molecule has 0 aromatic carbocycles. The van der Waals surface area contributed by atoms with Crippen LogP contribution in [-0.4, -0.2) is 24.8 Å². The van der Waals surface area contributed by atoms with E-state index in [1.807, 2.05) is 13.8 Å². The summed E-state index contributed by atoms with van der Waals surface area (Å²) >= 11 is 0. The van der Waals surface area contributed by atoms with Crippen LogP contribution in [0.25, 0.3) is 0 Å². The Labute approximate surface area is 106 Å². The summed E-state index contributed by atoms with van der Waals surface area (Å²) in [5.41, 5.74) is 0. The second-order valence-corrected chi connectivity index (χ2v) is 4.62. The van der Waals surface area contributed by atoms with Crippen molar-refractivity contribution < 1.29 is 14.3 Å². The number of carbonyl (C=O) groups is 1. The second kappa shape index (κ2) is 10.6. The molecule has 0 spiro atoms. The van der Waals surface area contributed by atoms with Crippen LogP contribution in [0.15, 0.2) is 0 Å². The quantitative estimate of drug-likeness (QED) is 0.434. The Bertz CT molecular complexity index is 192. The lowest BCUT2D eigenvalue weighted by molar-refractivity contribution is -0.146. The topological polar surface area (TPSA) is 35.5 Å². The minimum Gasteiger partial charge on any atom is -0.466 e. The predicted octanol–water partition coefficient (Wildman–Crippen LogP) is 3.70. The molecule has 3 heteroatoms. The molecule has 0 heterocycles. The van der Waals surface area contributed by atoms with Crippen molar-refractivity contribution in [2.24, 2.45) is 0 Å². The van der Waals surface area contributed by atoms with Crippen LogP contribution in [0.2, 0.25) is 0 Å². The molecule has 0 aromatic heterocycles. The standard InChI is InChI=1S/C14H28O3/c1-5-7-8-9-10-12(3)17-13(4)11-14(15)16-6-2/h12-13H,5-11H2,1-4H3. The summed E-state index contributed by atoms with van der Waals surface area (Å²) in [6.45, 7) is 8.48. The van der Waals surface area contributed by atoms with E-state index in [0.717, 1.165) is 6.42 Å². The molecule has 3 nitrogen and oxygen atoms in total. The Morgan fingerprint density at radius 1 is 1.06 bits per heavy atom.